The predicted octanol–water partition coefficient (Wildman–Crippen LogP) is 1.49. The highest BCUT2D eigenvalue weighted by atomic mass is 16.5. The largest absolute Gasteiger partial charge is 0.376 e. The van der Waals surface area contributed by atoms with Gasteiger partial charge in [-0.1, -0.05) is 13.8 Å². The third kappa shape index (κ3) is 4.49. The van der Waals surface area contributed by atoms with Crippen LogP contribution in [-0.2, 0) is 4.74 Å². The molecule has 90 valence electrons. The first-order chi connectivity index (χ1) is 7.27. The summed E-state index contributed by atoms with van der Waals surface area (Å²) in [5.74, 6) is 0. The standard InChI is InChI=1S/C12H26N2O/c1-4-12-10-14(8-9-15-12)11(3)6-7-13-5-2/h11-13H,4-10H2,1-3H3. The summed E-state index contributed by atoms with van der Waals surface area (Å²) in [4.78, 5) is 2.56. The SMILES string of the molecule is CCNCCC(C)N1CCOC(CC)C1. The first kappa shape index (κ1) is 12.9. The van der Waals surface area contributed by atoms with Gasteiger partial charge in [-0.05, 0) is 32.9 Å². The predicted molar refractivity (Wildman–Crippen MR) is 64.2 cm³/mol. The second-order valence-corrected chi connectivity index (χ2v) is 4.39. The average Bonchev–Trinajstić information content (AvgIpc) is 2.29. The van der Waals surface area contributed by atoms with Crippen molar-refractivity contribution in [3.05, 3.63) is 0 Å². The molecule has 0 saturated carbocycles. The molecule has 1 saturated heterocycles. The first-order valence-corrected chi connectivity index (χ1v) is 6.34. The fraction of sp³-hybridized carbons (Fsp3) is 1.00. The van der Waals surface area contributed by atoms with Crippen LogP contribution in [0.25, 0.3) is 0 Å². The zero-order valence-corrected chi connectivity index (χ0v) is 10.5. The molecule has 0 aliphatic carbocycles. The lowest BCUT2D eigenvalue weighted by molar-refractivity contribution is -0.0428. The maximum atomic E-state index is 5.68. The molecule has 0 aromatic heterocycles. The van der Waals surface area contributed by atoms with Crippen LogP contribution in [0.3, 0.4) is 0 Å². The van der Waals surface area contributed by atoms with Crippen LogP contribution in [0.5, 0.6) is 0 Å². The molecule has 15 heavy (non-hydrogen) atoms. The number of morpholine rings is 1. The highest BCUT2D eigenvalue weighted by molar-refractivity contribution is 4.75. The van der Waals surface area contributed by atoms with Crippen molar-refractivity contribution in [1.29, 1.82) is 0 Å². The fourth-order valence-electron chi connectivity index (χ4n) is 2.06. The molecule has 1 N–H and O–H groups in total. The van der Waals surface area contributed by atoms with Gasteiger partial charge in [0.15, 0.2) is 0 Å². The lowest BCUT2D eigenvalue weighted by Gasteiger charge is -2.36. The molecule has 0 aromatic rings. The molecule has 2 unspecified atom stereocenters. The van der Waals surface area contributed by atoms with Crippen molar-refractivity contribution in [2.75, 3.05) is 32.8 Å². The minimum atomic E-state index is 0.459. The Labute approximate surface area is 94.2 Å². The summed E-state index contributed by atoms with van der Waals surface area (Å²) in [6.45, 7) is 12.0. The molecule has 2 atom stereocenters. The summed E-state index contributed by atoms with van der Waals surface area (Å²) < 4.78 is 5.68. The van der Waals surface area contributed by atoms with Gasteiger partial charge in [-0.2, -0.15) is 0 Å². The Morgan fingerprint density at radius 2 is 2.27 bits per heavy atom. The van der Waals surface area contributed by atoms with E-state index in [1.54, 1.807) is 0 Å². The van der Waals surface area contributed by atoms with E-state index in [0.717, 1.165) is 39.2 Å². The highest BCUT2D eigenvalue weighted by Gasteiger charge is 2.22. The molecule has 3 heteroatoms. The van der Waals surface area contributed by atoms with Gasteiger partial charge in [0.1, 0.15) is 0 Å². The molecular formula is C12H26N2O. The molecule has 0 bridgehead atoms. The van der Waals surface area contributed by atoms with Crippen molar-refractivity contribution in [3.63, 3.8) is 0 Å². The summed E-state index contributed by atoms with van der Waals surface area (Å²) in [5, 5.41) is 3.39. The quantitative estimate of drug-likeness (QED) is 0.678. The van der Waals surface area contributed by atoms with Crippen LogP contribution in [0.4, 0.5) is 0 Å². The number of ether oxygens (including phenoxy) is 1. The van der Waals surface area contributed by atoms with Gasteiger partial charge in [0, 0.05) is 19.1 Å². The van der Waals surface area contributed by atoms with E-state index in [-0.39, 0.29) is 0 Å². The van der Waals surface area contributed by atoms with Gasteiger partial charge in [-0.25, -0.2) is 0 Å². The average molecular weight is 214 g/mol. The highest BCUT2D eigenvalue weighted by Crippen LogP contribution is 2.12. The molecule has 0 amide bonds. The monoisotopic (exact) mass is 214 g/mol. The van der Waals surface area contributed by atoms with Crippen LogP contribution in [0.1, 0.15) is 33.6 Å². The molecular weight excluding hydrogens is 188 g/mol. The molecule has 1 fully saturated rings. The van der Waals surface area contributed by atoms with Crippen molar-refractivity contribution >= 4 is 0 Å². The van der Waals surface area contributed by atoms with Gasteiger partial charge in [-0.15, -0.1) is 0 Å². The Morgan fingerprint density at radius 1 is 1.47 bits per heavy atom. The van der Waals surface area contributed by atoms with E-state index in [9.17, 15) is 0 Å². The smallest absolute Gasteiger partial charge is 0.0700 e. The number of rotatable bonds is 6. The molecule has 0 aromatic carbocycles. The normalized spacial score (nSPS) is 25.4. The zero-order chi connectivity index (χ0) is 11.1. The van der Waals surface area contributed by atoms with Crippen LogP contribution in [0.2, 0.25) is 0 Å². The number of hydrogen-bond donors (Lipinski definition) is 1. The molecule has 3 nitrogen and oxygen atoms in total. The third-order valence-electron chi connectivity index (χ3n) is 3.24. The van der Waals surface area contributed by atoms with E-state index in [1.165, 1.54) is 6.42 Å². The summed E-state index contributed by atoms with van der Waals surface area (Å²) in [5.41, 5.74) is 0. The topological polar surface area (TPSA) is 24.5 Å². The van der Waals surface area contributed by atoms with Gasteiger partial charge >= 0.3 is 0 Å². The number of nitrogens with one attached hydrogen (secondary N) is 1. The lowest BCUT2D eigenvalue weighted by Crippen LogP contribution is -2.47. The molecule has 1 heterocycles. The number of hydrogen-bond acceptors (Lipinski definition) is 3. The number of nitrogens with zero attached hydrogens (tertiary/aromatic N) is 1. The van der Waals surface area contributed by atoms with Crippen molar-refractivity contribution in [3.8, 4) is 0 Å². The molecule has 1 aliphatic heterocycles. The fourth-order valence-corrected chi connectivity index (χ4v) is 2.06. The Balaban J connectivity index is 2.22. The van der Waals surface area contributed by atoms with Gasteiger partial charge in [-0.3, -0.25) is 4.90 Å². The van der Waals surface area contributed by atoms with Gasteiger partial charge in [0.2, 0.25) is 0 Å². The van der Waals surface area contributed by atoms with Crippen molar-refractivity contribution in [2.24, 2.45) is 0 Å². The second kappa shape index (κ2) is 7.20. The van der Waals surface area contributed by atoms with E-state index in [2.05, 4.69) is 31.0 Å². The van der Waals surface area contributed by atoms with Crippen LogP contribution >= 0.6 is 0 Å². The van der Waals surface area contributed by atoms with Crippen LogP contribution in [0.15, 0.2) is 0 Å². The van der Waals surface area contributed by atoms with Crippen LogP contribution in [-0.4, -0.2) is 49.8 Å². The van der Waals surface area contributed by atoms with Gasteiger partial charge < -0.3 is 10.1 Å². The maximum absolute atomic E-state index is 5.68. The summed E-state index contributed by atoms with van der Waals surface area (Å²) in [7, 11) is 0. The minimum absolute atomic E-state index is 0.459. The summed E-state index contributed by atoms with van der Waals surface area (Å²) in [6, 6.07) is 0.682. The van der Waals surface area contributed by atoms with Gasteiger partial charge in [0.25, 0.3) is 0 Å². The Morgan fingerprint density at radius 3 is 2.93 bits per heavy atom. The Hall–Kier alpha value is -0.120. The second-order valence-electron chi connectivity index (χ2n) is 4.39. The third-order valence-corrected chi connectivity index (χ3v) is 3.24. The van der Waals surface area contributed by atoms with E-state index < -0.39 is 0 Å². The minimum Gasteiger partial charge on any atom is -0.376 e. The Kier molecular flexibility index (Phi) is 6.22. The maximum Gasteiger partial charge on any atom is 0.0700 e. The van der Waals surface area contributed by atoms with E-state index >= 15 is 0 Å². The van der Waals surface area contributed by atoms with E-state index in [0.29, 0.717) is 12.1 Å². The Bertz CT molecular complexity index is 164. The van der Waals surface area contributed by atoms with Crippen LogP contribution < -0.4 is 5.32 Å². The molecule has 0 spiro atoms. The van der Waals surface area contributed by atoms with Crippen molar-refractivity contribution in [1.82, 2.24) is 10.2 Å². The van der Waals surface area contributed by atoms with E-state index in [4.69, 9.17) is 4.74 Å². The molecule has 0 radical (unpaired) electrons. The summed E-state index contributed by atoms with van der Waals surface area (Å²) >= 11 is 0. The van der Waals surface area contributed by atoms with Gasteiger partial charge in [0.05, 0.1) is 12.7 Å². The van der Waals surface area contributed by atoms with Crippen molar-refractivity contribution in [2.45, 2.75) is 45.8 Å². The summed E-state index contributed by atoms with van der Waals surface area (Å²) in [6.07, 6.45) is 2.83. The first-order valence-electron chi connectivity index (χ1n) is 6.34. The van der Waals surface area contributed by atoms with Crippen molar-refractivity contribution < 1.29 is 4.74 Å². The lowest BCUT2D eigenvalue weighted by atomic mass is 10.1. The zero-order valence-electron chi connectivity index (χ0n) is 10.5. The molecule has 1 rings (SSSR count). The molecule has 1 aliphatic rings. The van der Waals surface area contributed by atoms with E-state index in [1.807, 2.05) is 0 Å². The van der Waals surface area contributed by atoms with Crippen LogP contribution in [0, 0.1) is 0 Å².